The van der Waals surface area contributed by atoms with Gasteiger partial charge in [0.05, 0.1) is 20.8 Å². The van der Waals surface area contributed by atoms with Gasteiger partial charge < -0.3 is 9.72 Å². The molecule has 1 aliphatic rings. The Morgan fingerprint density at radius 3 is 2.22 bits per heavy atom. The molecule has 1 aromatic carbocycles. The second-order valence-electron chi connectivity index (χ2n) is 9.28. The van der Waals surface area contributed by atoms with E-state index in [-0.39, 0.29) is 24.2 Å². The van der Waals surface area contributed by atoms with Crippen LogP contribution in [0.5, 0.6) is 0 Å². The summed E-state index contributed by atoms with van der Waals surface area (Å²) < 4.78 is 104. The number of alkyl halides is 6. The fraction of sp³-hybridized carbons (Fsp3) is 0.391. The Labute approximate surface area is 202 Å². The van der Waals surface area contributed by atoms with Gasteiger partial charge in [-0.05, 0) is 62.9 Å². The van der Waals surface area contributed by atoms with Crippen LogP contribution in [0.4, 0.5) is 26.3 Å². The first-order chi connectivity index (χ1) is 16.5. The molecule has 6 nitrogen and oxygen atoms in total. The summed E-state index contributed by atoms with van der Waals surface area (Å²) in [6.07, 6.45) is -6.75. The second kappa shape index (κ2) is 8.49. The maximum Gasteiger partial charge on any atom is 0.417 e. The van der Waals surface area contributed by atoms with Crippen LogP contribution >= 0.6 is 0 Å². The van der Waals surface area contributed by atoms with Gasteiger partial charge in [-0.2, -0.15) is 26.3 Å². The molecule has 4 rings (SSSR count). The van der Waals surface area contributed by atoms with Crippen molar-refractivity contribution in [2.45, 2.75) is 54.7 Å². The number of nitrogens with one attached hydrogen (secondary N) is 1. The highest BCUT2D eigenvalue weighted by Crippen LogP contribution is 2.44. The number of amides is 1. The lowest BCUT2D eigenvalue weighted by Crippen LogP contribution is -2.53. The molecule has 1 fully saturated rings. The van der Waals surface area contributed by atoms with Crippen LogP contribution in [-0.2, 0) is 22.2 Å². The minimum Gasteiger partial charge on any atom is -0.348 e. The van der Waals surface area contributed by atoms with E-state index in [0.717, 1.165) is 47.1 Å². The van der Waals surface area contributed by atoms with E-state index >= 15 is 0 Å². The largest absolute Gasteiger partial charge is 0.417 e. The summed E-state index contributed by atoms with van der Waals surface area (Å²) in [4.78, 5) is 16.2. The number of imidazole rings is 1. The van der Waals surface area contributed by atoms with Crippen molar-refractivity contribution in [2.75, 3.05) is 0 Å². The van der Waals surface area contributed by atoms with Gasteiger partial charge in [-0.1, -0.05) is 6.07 Å². The lowest BCUT2D eigenvalue weighted by molar-refractivity contribution is -0.138. The Kier molecular flexibility index (Phi) is 6.13. The van der Waals surface area contributed by atoms with Crippen LogP contribution in [0, 0.1) is 5.92 Å². The number of sulfone groups is 1. The molecule has 3 aromatic rings. The molecule has 0 radical (unpaired) electrons. The third-order valence-electron chi connectivity index (χ3n) is 6.63. The van der Waals surface area contributed by atoms with Gasteiger partial charge in [0.25, 0.3) is 5.91 Å². The third-order valence-corrected chi connectivity index (χ3v) is 9.22. The summed E-state index contributed by atoms with van der Waals surface area (Å²) in [5, 5.41) is 2.68. The van der Waals surface area contributed by atoms with E-state index < -0.39 is 60.8 Å². The number of nitrogens with zero attached hydrogens (tertiary/aromatic N) is 2. The maximum atomic E-state index is 13.2. The Morgan fingerprint density at radius 2 is 1.61 bits per heavy atom. The van der Waals surface area contributed by atoms with Gasteiger partial charge in [-0.25, -0.2) is 13.4 Å². The molecular weight excluding hydrogens is 512 g/mol. The Bertz CT molecular complexity index is 1420. The molecule has 0 bridgehead atoms. The molecule has 0 atom stereocenters. The topological polar surface area (TPSA) is 80.5 Å². The smallest absolute Gasteiger partial charge is 0.348 e. The highest BCUT2D eigenvalue weighted by Gasteiger charge is 2.49. The van der Waals surface area contributed by atoms with Gasteiger partial charge in [0, 0.05) is 18.4 Å². The van der Waals surface area contributed by atoms with Crippen LogP contribution in [0.25, 0.3) is 5.65 Å². The summed E-state index contributed by atoms with van der Waals surface area (Å²) in [5.74, 6) is -1.08. The molecule has 0 aliphatic heterocycles. The highest BCUT2D eigenvalue weighted by atomic mass is 32.2. The van der Waals surface area contributed by atoms with E-state index in [1.54, 1.807) is 0 Å². The molecule has 1 N–H and O–H groups in total. The minimum absolute atomic E-state index is 0.103. The molecule has 2 heterocycles. The van der Waals surface area contributed by atoms with Crippen molar-refractivity contribution in [1.29, 1.82) is 0 Å². The van der Waals surface area contributed by atoms with Crippen LogP contribution in [0.15, 0.2) is 53.7 Å². The van der Waals surface area contributed by atoms with Crippen molar-refractivity contribution in [1.82, 2.24) is 14.7 Å². The fourth-order valence-corrected chi connectivity index (χ4v) is 5.97. The number of carbonyl (C=O) groups excluding carboxylic acids is 1. The van der Waals surface area contributed by atoms with Gasteiger partial charge in [-0.15, -0.1) is 0 Å². The summed E-state index contributed by atoms with van der Waals surface area (Å²) in [6, 6.07) is 5.15. The number of rotatable bonds is 5. The number of carbonyl (C=O) groups is 1. The number of pyridine rings is 1. The lowest BCUT2D eigenvalue weighted by atomic mass is 9.73. The second-order valence-corrected chi connectivity index (χ2v) is 11.8. The monoisotopic (exact) mass is 533 g/mol. The maximum absolute atomic E-state index is 13.2. The predicted molar refractivity (Wildman–Crippen MR) is 117 cm³/mol. The first-order valence-electron chi connectivity index (χ1n) is 10.8. The van der Waals surface area contributed by atoms with Crippen LogP contribution < -0.4 is 5.32 Å². The van der Waals surface area contributed by atoms with E-state index in [1.807, 2.05) is 0 Å². The van der Waals surface area contributed by atoms with Crippen molar-refractivity contribution in [2.24, 2.45) is 5.92 Å². The van der Waals surface area contributed by atoms with Gasteiger partial charge in [0.1, 0.15) is 11.3 Å². The zero-order chi connectivity index (χ0) is 26.7. The van der Waals surface area contributed by atoms with Crippen LogP contribution in [-0.4, -0.2) is 34.5 Å². The number of halogens is 6. The van der Waals surface area contributed by atoms with Gasteiger partial charge in [0.2, 0.25) is 0 Å². The van der Waals surface area contributed by atoms with Crippen LogP contribution in [0.3, 0.4) is 0 Å². The Hall–Kier alpha value is -3.09. The number of fused-ring (bicyclic) bond motifs is 1. The van der Waals surface area contributed by atoms with Crippen molar-refractivity contribution >= 4 is 21.4 Å². The first kappa shape index (κ1) is 26.0. The van der Waals surface area contributed by atoms with E-state index in [9.17, 15) is 39.6 Å². The molecule has 1 amide bonds. The Balaban J connectivity index is 1.44. The Morgan fingerprint density at radius 1 is 0.972 bits per heavy atom. The van der Waals surface area contributed by atoms with Gasteiger partial charge in [0.15, 0.2) is 9.84 Å². The summed E-state index contributed by atoms with van der Waals surface area (Å²) in [6.45, 7) is 2.87. The van der Waals surface area contributed by atoms with Crippen molar-refractivity contribution in [3.05, 3.63) is 65.6 Å². The molecule has 0 saturated heterocycles. The van der Waals surface area contributed by atoms with E-state index in [0.29, 0.717) is 6.07 Å². The third kappa shape index (κ3) is 4.67. The molecule has 0 unspecified atom stereocenters. The molecule has 194 valence electrons. The van der Waals surface area contributed by atoms with E-state index in [2.05, 4.69) is 10.3 Å². The summed E-state index contributed by atoms with van der Waals surface area (Å²) >= 11 is 0. The van der Waals surface area contributed by atoms with Crippen LogP contribution in [0.1, 0.15) is 48.3 Å². The van der Waals surface area contributed by atoms with Crippen molar-refractivity contribution in [3.8, 4) is 0 Å². The normalized spacial score (nSPS) is 19.2. The number of benzene rings is 1. The quantitative estimate of drug-likeness (QED) is 0.461. The molecule has 36 heavy (non-hydrogen) atoms. The average Bonchev–Trinajstić information content (AvgIpc) is 3.18. The SMILES string of the molecule is CC(C)(C1CC(NC(=O)c2cn3cc(C(F)(F)F)ccc3n2)C1)S(=O)(=O)c1cccc(C(F)(F)F)c1. The van der Waals surface area contributed by atoms with E-state index in [1.165, 1.54) is 13.8 Å². The summed E-state index contributed by atoms with van der Waals surface area (Å²) in [5.41, 5.74) is -1.92. The minimum atomic E-state index is -4.69. The van der Waals surface area contributed by atoms with Gasteiger partial charge >= 0.3 is 12.4 Å². The lowest BCUT2D eigenvalue weighted by Gasteiger charge is -2.44. The molecule has 13 heteroatoms. The fourth-order valence-electron chi connectivity index (χ4n) is 4.19. The first-order valence-corrected chi connectivity index (χ1v) is 12.3. The van der Waals surface area contributed by atoms with Gasteiger partial charge in [-0.3, -0.25) is 4.79 Å². The highest BCUT2D eigenvalue weighted by molar-refractivity contribution is 7.92. The molecule has 1 saturated carbocycles. The molecule has 0 spiro atoms. The zero-order valence-corrected chi connectivity index (χ0v) is 19.8. The number of hydrogen-bond donors (Lipinski definition) is 1. The zero-order valence-electron chi connectivity index (χ0n) is 19.0. The summed E-state index contributed by atoms with van der Waals surface area (Å²) in [7, 11) is -4.14. The molecule has 1 aliphatic carbocycles. The van der Waals surface area contributed by atoms with Crippen molar-refractivity contribution in [3.63, 3.8) is 0 Å². The number of hydrogen-bond acceptors (Lipinski definition) is 4. The predicted octanol–water partition coefficient (Wildman–Crippen LogP) is 5.13. The number of aromatic nitrogens is 2. The standard InChI is InChI=1S/C23H21F6N3O3S/c1-21(2,36(34,35)17-5-3-4-13(10-17)22(24,25)26)15-8-16(9-15)30-20(33)18-12-32-11-14(23(27,28)29)6-7-19(32)31-18/h3-7,10-12,15-16H,8-9H2,1-2H3,(H,30,33). The van der Waals surface area contributed by atoms with Crippen LogP contribution in [0.2, 0.25) is 0 Å². The molecular formula is C23H21F6N3O3S. The van der Waals surface area contributed by atoms with E-state index in [4.69, 9.17) is 0 Å². The molecule has 2 aromatic heterocycles. The van der Waals surface area contributed by atoms with Crippen molar-refractivity contribution < 1.29 is 39.6 Å². The average molecular weight is 533 g/mol.